The van der Waals surface area contributed by atoms with Gasteiger partial charge in [-0.2, -0.15) is 0 Å². The van der Waals surface area contributed by atoms with Gasteiger partial charge in [0.25, 0.3) is 0 Å². The van der Waals surface area contributed by atoms with E-state index in [1.807, 2.05) is 0 Å². The van der Waals surface area contributed by atoms with E-state index in [2.05, 4.69) is 176 Å². The highest BCUT2D eigenvalue weighted by Gasteiger charge is 2.47. The summed E-state index contributed by atoms with van der Waals surface area (Å²) in [6, 6.07) is 66.4. The number of hydrogen-bond donors (Lipinski definition) is 0. The standard InChI is InChI=1S/C51H40/c1-5-15-35(16-6-1)37-25-26-39-32-41(28-27-38(39)31-37)47-34-49-50(45-24-14-13-23-44(45)47)46-30-29-40(36-17-7-2-8-18-36)33-48(46)51(49,42-19-9-3-10-20-42)43-21-11-4-12-22-43/h1,3-6,9-16,19-34,36H,2,7-8,17-18H2. The van der Waals surface area contributed by atoms with Gasteiger partial charge in [-0.05, 0) is 120 Å². The van der Waals surface area contributed by atoms with Gasteiger partial charge in [0.2, 0.25) is 0 Å². The van der Waals surface area contributed by atoms with E-state index in [1.165, 1.54) is 115 Å². The normalized spacial score (nSPS) is 15.1. The smallest absolute Gasteiger partial charge is 0.0622 e. The summed E-state index contributed by atoms with van der Waals surface area (Å²) in [7, 11) is 0. The lowest BCUT2D eigenvalue weighted by Crippen LogP contribution is -2.29. The molecule has 244 valence electrons. The fourth-order valence-corrected chi connectivity index (χ4v) is 9.51. The zero-order valence-electron chi connectivity index (χ0n) is 28.9. The lowest BCUT2D eigenvalue weighted by molar-refractivity contribution is 0.443. The van der Waals surface area contributed by atoms with E-state index in [4.69, 9.17) is 0 Å². The van der Waals surface area contributed by atoms with Crippen LogP contribution in [0, 0.1) is 0 Å². The molecule has 0 saturated heterocycles. The van der Waals surface area contributed by atoms with Gasteiger partial charge in [-0.15, -0.1) is 0 Å². The van der Waals surface area contributed by atoms with Gasteiger partial charge in [-0.1, -0.05) is 177 Å². The molecule has 0 unspecified atom stereocenters. The second kappa shape index (κ2) is 12.3. The summed E-state index contributed by atoms with van der Waals surface area (Å²) >= 11 is 0. The molecule has 0 heterocycles. The number of rotatable bonds is 5. The topological polar surface area (TPSA) is 0 Å². The van der Waals surface area contributed by atoms with Crippen LogP contribution in [-0.4, -0.2) is 0 Å². The Labute approximate surface area is 301 Å². The van der Waals surface area contributed by atoms with E-state index in [9.17, 15) is 0 Å². The summed E-state index contributed by atoms with van der Waals surface area (Å²) in [5, 5.41) is 5.14. The second-order valence-corrected chi connectivity index (χ2v) is 14.7. The van der Waals surface area contributed by atoms with Crippen LogP contribution in [0.5, 0.6) is 0 Å². The lowest BCUT2D eigenvalue weighted by atomic mass is 9.66. The van der Waals surface area contributed by atoms with Crippen molar-refractivity contribution < 1.29 is 0 Å². The Bertz CT molecular complexity index is 2500. The molecule has 10 rings (SSSR count). The number of hydrogen-bond acceptors (Lipinski definition) is 0. The molecular formula is C51H40. The Morgan fingerprint density at radius 1 is 0.392 bits per heavy atom. The minimum Gasteiger partial charge on any atom is -0.0622 e. The summed E-state index contributed by atoms with van der Waals surface area (Å²) in [6.45, 7) is 0. The van der Waals surface area contributed by atoms with Crippen LogP contribution < -0.4 is 0 Å². The third-order valence-corrected chi connectivity index (χ3v) is 11.9. The molecular weight excluding hydrogens is 613 g/mol. The molecule has 51 heavy (non-hydrogen) atoms. The van der Waals surface area contributed by atoms with Gasteiger partial charge in [0.05, 0.1) is 5.41 Å². The predicted molar refractivity (Wildman–Crippen MR) is 215 cm³/mol. The zero-order valence-corrected chi connectivity index (χ0v) is 28.9. The van der Waals surface area contributed by atoms with Gasteiger partial charge in [0.1, 0.15) is 0 Å². The average Bonchev–Trinajstić information content (AvgIpc) is 3.52. The molecule has 0 spiro atoms. The van der Waals surface area contributed by atoms with Crippen molar-refractivity contribution >= 4 is 21.5 Å². The van der Waals surface area contributed by atoms with E-state index in [0.717, 1.165) is 0 Å². The molecule has 2 aliphatic carbocycles. The molecule has 0 aromatic heterocycles. The quantitative estimate of drug-likeness (QED) is 0.174. The van der Waals surface area contributed by atoms with E-state index in [0.29, 0.717) is 5.92 Å². The Morgan fingerprint density at radius 3 is 1.67 bits per heavy atom. The first kappa shape index (κ1) is 30.1. The molecule has 0 amide bonds. The zero-order chi connectivity index (χ0) is 33.8. The summed E-state index contributed by atoms with van der Waals surface area (Å²) < 4.78 is 0. The van der Waals surface area contributed by atoms with Gasteiger partial charge in [0.15, 0.2) is 0 Å². The van der Waals surface area contributed by atoms with Crippen LogP contribution in [0.2, 0.25) is 0 Å². The van der Waals surface area contributed by atoms with Crippen molar-refractivity contribution in [1.29, 1.82) is 0 Å². The molecule has 0 heteroatoms. The predicted octanol–water partition coefficient (Wildman–Crippen LogP) is 13.7. The van der Waals surface area contributed by atoms with Crippen LogP contribution in [-0.2, 0) is 5.41 Å². The third-order valence-electron chi connectivity index (χ3n) is 11.9. The molecule has 1 saturated carbocycles. The van der Waals surface area contributed by atoms with Crippen molar-refractivity contribution in [3.8, 4) is 33.4 Å². The second-order valence-electron chi connectivity index (χ2n) is 14.7. The van der Waals surface area contributed by atoms with Gasteiger partial charge >= 0.3 is 0 Å². The average molecular weight is 653 g/mol. The maximum Gasteiger partial charge on any atom is 0.0714 e. The minimum absolute atomic E-state index is 0.446. The molecule has 0 bridgehead atoms. The van der Waals surface area contributed by atoms with Crippen LogP contribution in [0.1, 0.15) is 65.8 Å². The first-order valence-corrected chi connectivity index (χ1v) is 18.7. The van der Waals surface area contributed by atoms with Crippen molar-refractivity contribution in [3.05, 3.63) is 204 Å². The van der Waals surface area contributed by atoms with Crippen molar-refractivity contribution in [1.82, 2.24) is 0 Å². The monoisotopic (exact) mass is 652 g/mol. The molecule has 1 fully saturated rings. The summed E-state index contributed by atoms with van der Waals surface area (Å²) in [4.78, 5) is 0. The fourth-order valence-electron chi connectivity index (χ4n) is 9.51. The molecule has 0 nitrogen and oxygen atoms in total. The van der Waals surface area contributed by atoms with Crippen LogP contribution in [0.3, 0.4) is 0 Å². The minimum atomic E-state index is -0.446. The molecule has 8 aromatic carbocycles. The Morgan fingerprint density at radius 2 is 0.980 bits per heavy atom. The Balaban J connectivity index is 1.25. The van der Waals surface area contributed by atoms with E-state index in [-0.39, 0.29) is 0 Å². The van der Waals surface area contributed by atoms with Crippen molar-refractivity contribution in [2.75, 3.05) is 0 Å². The molecule has 2 aliphatic rings. The summed E-state index contributed by atoms with van der Waals surface area (Å²) in [5.74, 6) is 0.629. The van der Waals surface area contributed by atoms with Crippen LogP contribution >= 0.6 is 0 Å². The van der Waals surface area contributed by atoms with Crippen LogP contribution in [0.15, 0.2) is 176 Å². The molecule has 0 atom stereocenters. The van der Waals surface area contributed by atoms with Crippen molar-refractivity contribution in [3.63, 3.8) is 0 Å². The number of fused-ring (bicyclic) bond motifs is 6. The Kier molecular flexibility index (Phi) is 7.24. The Hall–Kier alpha value is -5.72. The number of benzene rings is 8. The van der Waals surface area contributed by atoms with E-state index >= 15 is 0 Å². The SMILES string of the molecule is c1ccc(-c2ccc3cc(-c4cc5c(c6ccccc46)-c4ccc(C6CCCCC6)cc4C5(c4ccccc4)c4ccccc4)ccc3c2)cc1. The molecule has 0 aliphatic heterocycles. The lowest BCUT2D eigenvalue weighted by Gasteiger charge is -2.35. The summed E-state index contributed by atoms with van der Waals surface area (Å²) in [5.41, 5.74) is 14.3. The van der Waals surface area contributed by atoms with Gasteiger partial charge in [-0.25, -0.2) is 0 Å². The van der Waals surface area contributed by atoms with Gasteiger partial charge in [-0.3, -0.25) is 0 Å². The first-order valence-electron chi connectivity index (χ1n) is 18.7. The largest absolute Gasteiger partial charge is 0.0714 e. The molecule has 0 radical (unpaired) electrons. The van der Waals surface area contributed by atoms with Crippen LogP contribution in [0.4, 0.5) is 0 Å². The first-order chi connectivity index (χ1) is 25.3. The highest BCUT2D eigenvalue weighted by molar-refractivity contribution is 6.10. The van der Waals surface area contributed by atoms with Gasteiger partial charge in [0, 0.05) is 0 Å². The van der Waals surface area contributed by atoms with E-state index in [1.54, 1.807) is 0 Å². The van der Waals surface area contributed by atoms with E-state index < -0.39 is 5.41 Å². The molecule has 0 N–H and O–H groups in total. The van der Waals surface area contributed by atoms with Crippen molar-refractivity contribution in [2.24, 2.45) is 0 Å². The maximum atomic E-state index is 2.61. The highest BCUT2D eigenvalue weighted by atomic mass is 14.5. The third kappa shape index (κ3) is 4.81. The summed E-state index contributed by atoms with van der Waals surface area (Å²) in [6.07, 6.45) is 6.60. The molecule has 8 aromatic rings. The van der Waals surface area contributed by atoms with Crippen molar-refractivity contribution in [2.45, 2.75) is 43.4 Å². The maximum absolute atomic E-state index is 2.61. The van der Waals surface area contributed by atoms with Gasteiger partial charge < -0.3 is 0 Å². The van der Waals surface area contributed by atoms with Crippen LogP contribution in [0.25, 0.3) is 54.9 Å². The fraction of sp³-hybridized carbons (Fsp3) is 0.137. The highest BCUT2D eigenvalue weighted by Crippen LogP contribution is 2.59.